The number of alkyl halides is 3. The van der Waals surface area contributed by atoms with Gasteiger partial charge in [0, 0.05) is 11.0 Å². The Hall–Kier alpha value is -0.750. The number of aromatic amines is 1. The Morgan fingerprint density at radius 3 is 2.64 bits per heavy atom. The highest BCUT2D eigenvalue weighted by atomic mass is 79.9. The fraction of sp³-hybridized carbons (Fsp3) is 0.375. The number of rotatable bonds is 3. The minimum atomic E-state index is -2.81. The van der Waals surface area contributed by atoms with Crippen LogP contribution in [-0.4, -0.2) is 10.1 Å². The summed E-state index contributed by atoms with van der Waals surface area (Å²) >= 11 is 3.01. The van der Waals surface area contributed by atoms with Crippen LogP contribution in [0.3, 0.4) is 0 Å². The molecule has 1 aromatic rings. The van der Waals surface area contributed by atoms with E-state index in [4.69, 9.17) is 5.11 Å². The van der Waals surface area contributed by atoms with Crippen molar-refractivity contribution in [2.45, 2.75) is 18.4 Å². The fourth-order valence-corrected chi connectivity index (χ4v) is 1.58. The predicted octanol–water partition coefficient (Wildman–Crippen LogP) is 1.70. The molecule has 78 valence electrons. The Balaban J connectivity index is 3.35. The van der Waals surface area contributed by atoms with Gasteiger partial charge in [-0.2, -0.15) is 0 Å². The summed E-state index contributed by atoms with van der Waals surface area (Å²) in [5.41, 5.74) is -0.957. The van der Waals surface area contributed by atoms with Crippen LogP contribution in [0.1, 0.15) is 23.2 Å². The van der Waals surface area contributed by atoms with Crippen LogP contribution in [0.4, 0.5) is 8.78 Å². The van der Waals surface area contributed by atoms with Crippen molar-refractivity contribution in [2.24, 2.45) is 0 Å². The Kier molecular flexibility index (Phi) is 3.77. The Morgan fingerprint density at radius 2 is 2.21 bits per heavy atom. The van der Waals surface area contributed by atoms with Crippen LogP contribution in [0.25, 0.3) is 0 Å². The van der Waals surface area contributed by atoms with Crippen LogP contribution in [0.5, 0.6) is 0 Å². The lowest BCUT2D eigenvalue weighted by Gasteiger charge is -2.06. The average molecular weight is 268 g/mol. The van der Waals surface area contributed by atoms with Crippen LogP contribution in [0.15, 0.2) is 10.9 Å². The molecule has 0 amide bonds. The van der Waals surface area contributed by atoms with Gasteiger partial charge in [0.1, 0.15) is 0 Å². The topological polar surface area (TPSA) is 53.1 Å². The molecule has 0 fully saturated rings. The molecule has 6 heteroatoms. The SMILES string of the molecule is O=c1[nH]c(CO)cc(CBr)c1C(F)F. The summed E-state index contributed by atoms with van der Waals surface area (Å²) in [6, 6.07) is 1.34. The molecule has 1 rings (SSSR count). The smallest absolute Gasteiger partial charge is 0.269 e. The highest BCUT2D eigenvalue weighted by Gasteiger charge is 2.17. The number of hydrogen-bond acceptors (Lipinski definition) is 2. The van der Waals surface area contributed by atoms with E-state index in [2.05, 4.69) is 20.9 Å². The van der Waals surface area contributed by atoms with Gasteiger partial charge < -0.3 is 10.1 Å². The number of halogens is 3. The molecular weight excluding hydrogens is 260 g/mol. The Bertz CT molecular complexity index is 378. The van der Waals surface area contributed by atoms with Crippen molar-refractivity contribution in [3.8, 4) is 0 Å². The number of pyridine rings is 1. The lowest BCUT2D eigenvalue weighted by molar-refractivity contribution is 0.148. The quantitative estimate of drug-likeness (QED) is 0.820. The fourth-order valence-electron chi connectivity index (χ4n) is 1.12. The van der Waals surface area contributed by atoms with Gasteiger partial charge in [0.2, 0.25) is 0 Å². The second-order valence-corrected chi connectivity index (χ2v) is 3.22. The zero-order valence-electron chi connectivity index (χ0n) is 7.06. The van der Waals surface area contributed by atoms with Crippen LogP contribution in [0, 0.1) is 0 Å². The third kappa shape index (κ3) is 2.19. The molecular formula is C8H8BrF2NO2. The summed E-state index contributed by atoms with van der Waals surface area (Å²) in [6.45, 7) is -0.376. The van der Waals surface area contributed by atoms with Crippen molar-refractivity contribution in [1.29, 1.82) is 0 Å². The zero-order chi connectivity index (χ0) is 10.7. The first-order chi connectivity index (χ1) is 6.60. The molecule has 1 heterocycles. The molecule has 0 spiro atoms. The van der Waals surface area contributed by atoms with E-state index < -0.39 is 17.5 Å². The molecule has 0 radical (unpaired) electrons. The molecule has 1 aromatic heterocycles. The van der Waals surface area contributed by atoms with E-state index in [0.29, 0.717) is 0 Å². The largest absolute Gasteiger partial charge is 0.390 e. The molecule has 2 N–H and O–H groups in total. The lowest BCUT2D eigenvalue weighted by Crippen LogP contribution is -2.17. The van der Waals surface area contributed by atoms with Gasteiger partial charge in [0.25, 0.3) is 12.0 Å². The summed E-state index contributed by atoms with van der Waals surface area (Å²) in [7, 11) is 0. The normalized spacial score (nSPS) is 10.9. The molecule has 0 saturated carbocycles. The summed E-state index contributed by atoms with van der Waals surface area (Å²) in [5, 5.41) is 8.89. The second kappa shape index (κ2) is 4.65. The standard InChI is InChI=1S/C8H8BrF2NO2/c9-2-4-1-5(3-13)12-8(14)6(4)7(10)11/h1,7,13H,2-3H2,(H,12,14). The highest BCUT2D eigenvalue weighted by molar-refractivity contribution is 9.08. The summed E-state index contributed by atoms with van der Waals surface area (Å²) in [5.74, 6) is 0. The molecule has 0 bridgehead atoms. The number of hydrogen-bond donors (Lipinski definition) is 2. The number of aromatic nitrogens is 1. The minimum Gasteiger partial charge on any atom is -0.390 e. The van der Waals surface area contributed by atoms with Gasteiger partial charge in [-0.3, -0.25) is 4.79 Å². The predicted molar refractivity (Wildman–Crippen MR) is 50.6 cm³/mol. The van der Waals surface area contributed by atoms with E-state index in [1.807, 2.05) is 0 Å². The highest BCUT2D eigenvalue weighted by Crippen LogP contribution is 2.21. The number of aliphatic hydroxyl groups excluding tert-OH is 1. The molecule has 0 unspecified atom stereocenters. The first kappa shape index (κ1) is 11.3. The molecule has 3 nitrogen and oxygen atoms in total. The first-order valence-corrected chi connectivity index (χ1v) is 4.92. The van der Waals surface area contributed by atoms with E-state index in [0.717, 1.165) is 0 Å². The first-order valence-electron chi connectivity index (χ1n) is 3.80. The van der Waals surface area contributed by atoms with E-state index in [1.54, 1.807) is 0 Å². The van der Waals surface area contributed by atoms with Crippen molar-refractivity contribution >= 4 is 15.9 Å². The molecule has 0 aliphatic heterocycles. The van der Waals surface area contributed by atoms with Gasteiger partial charge in [-0.15, -0.1) is 0 Å². The monoisotopic (exact) mass is 267 g/mol. The summed E-state index contributed by atoms with van der Waals surface area (Å²) in [4.78, 5) is 13.3. The maximum Gasteiger partial charge on any atom is 0.269 e. The van der Waals surface area contributed by atoms with Gasteiger partial charge in [-0.1, -0.05) is 15.9 Å². The Morgan fingerprint density at radius 1 is 1.57 bits per heavy atom. The van der Waals surface area contributed by atoms with Gasteiger partial charge in [0.05, 0.1) is 12.2 Å². The number of nitrogens with one attached hydrogen (secondary N) is 1. The van der Waals surface area contributed by atoms with Crippen molar-refractivity contribution in [3.63, 3.8) is 0 Å². The van der Waals surface area contributed by atoms with E-state index in [1.165, 1.54) is 6.07 Å². The summed E-state index contributed by atoms with van der Waals surface area (Å²) < 4.78 is 24.8. The van der Waals surface area contributed by atoms with Crippen molar-refractivity contribution in [2.75, 3.05) is 0 Å². The molecule has 0 atom stereocenters. The maximum absolute atomic E-state index is 12.4. The third-order valence-corrected chi connectivity index (χ3v) is 2.35. The van der Waals surface area contributed by atoms with Crippen molar-refractivity contribution in [1.82, 2.24) is 4.98 Å². The maximum atomic E-state index is 12.4. The zero-order valence-corrected chi connectivity index (χ0v) is 8.64. The number of aliphatic hydroxyl groups is 1. The van der Waals surface area contributed by atoms with Gasteiger partial charge in [0.15, 0.2) is 0 Å². The third-order valence-electron chi connectivity index (χ3n) is 1.75. The van der Waals surface area contributed by atoms with Crippen LogP contribution in [0.2, 0.25) is 0 Å². The second-order valence-electron chi connectivity index (χ2n) is 2.66. The molecule has 14 heavy (non-hydrogen) atoms. The van der Waals surface area contributed by atoms with E-state index in [-0.39, 0.29) is 23.2 Å². The van der Waals surface area contributed by atoms with Gasteiger partial charge >= 0.3 is 0 Å². The Labute approximate surface area is 86.9 Å². The van der Waals surface area contributed by atoms with Crippen LogP contribution < -0.4 is 5.56 Å². The van der Waals surface area contributed by atoms with Gasteiger partial charge in [-0.05, 0) is 11.6 Å². The van der Waals surface area contributed by atoms with Crippen LogP contribution in [-0.2, 0) is 11.9 Å². The van der Waals surface area contributed by atoms with E-state index in [9.17, 15) is 13.6 Å². The molecule has 0 saturated heterocycles. The van der Waals surface area contributed by atoms with E-state index >= 15 is 0 Å². The summed E-state index contributed by atoms with van der Waals surface area (Å²) in [6.07, 6.45) is -2.81. The average Bonchev–Trinajstić information content (AvgIpc) is 2.15. The molecule has 0 aliphatic carbocycles. The number of H-pyrrole nitrogens is 1. The molecule has 0 aromatic carbocycles. The van der Waals surface area contributed by atoms with Crippen molar-refractivity contribution < 1.29 is 13.9 Å². The minimum absolute atomic E-state index is 0.156. The van der Waals surface area contributed by atoms with Crippen LogP contribution >= 0.6 is 15.9 Å². The van der Waals surface area contributed by atoms with Crippen molar-refractivity contribution in [3.05, 3.63) is 33.2 Å². The van der Waals surface area contributed by atoms with Gasteiger partial charge in [-0.25, -0.2) is 8.78 Å². The molecule has 0 aliphatic rings. The lowest BCUT2D eigenvalue weighted by atomic mass is 10.1.